The summed E-state index contributed by atoms with van der Waals surface area (Å²) in [5.41, 5.74) is 0. The maximum atomic E-state index is 12.7. The van der Waals surface area contributed by atoms with Gasteiger partial charge < -0.3 is 24.0 Å². The minimum Gasteiger partial charge on any atom is -0.462 e. The zero-order chi connectivity index (χ0) is 42.3. The number of phosphoric acid groups is 1. The van der Waals surface area contributed by atoms with Crippen molar-refractivity contribution in [2.45, 2.75) is 148 Å². The van der Waals surface area contributed by atoms with Crippen molar-refractivity contribution in [3.05, 3.63) is 85.1 Å². The smallest absolute Gasteiger partial charge is 0.462 e. The van der Waals surface area contributed by atoms with E-state index in [1.165, 1.54) is 19.3 Å². The quantitative estimate of drug-likeness (QED) is 0.0157. The molecule has 0 amide bonds. The molecule has 11 heteroatoms. The molecule has 0 bridgehead atoms. The Morgan fingerprint density at radius 3 is 1.91 bits per heavy atom. The van der Waals surface area contributed by atoms with E-state index in [1.54, 1.807) is 6.08 Å². The average Bonchev–Trinajstić information content (AvgIpc) is 3.15. The average molecular weight is 821 g/mol. The van der Waals surface area contributed by atoms with Gasteiger partial charge in [0.2, 0.25) is 0 Å². The zero-order valence-corrected chi connectivity index (χ0v) is 37.0. The van der Waals surface area contributed by atoms with Gasteiger partial charge in [-0.1, -0.05) is 131 Å². The number of unbranched alkanes of at least 4 members (excludes halogenated alkanes) is 9. The first-order valence-corrected chi connectivity index (χ1v) is 22.9. The Morgan fingerprint density at radius 1 is 0.649 bits per heavy atom. The van der Waals surface area contributed by atoms with Crippen LogP contribution in [0.25, 0.3) is 0 Å². The molecule has 0 heterocycles. The van der Waals surface area contributed by atoms with Crippen molar-refractivity contribution in [3.63, 3.8) is 0 Å². The predicted molar refractivity (Wildman–Crippen MR) is 235 cm³/mol. The van der Waals surface area contributed by atoms with Gasteiger partial charge in [0.05, 0.1) is 33.9 Å². The highest BCUT2D eigenvalue weighted by atomic mass is 31.2. The molecule has 0 aromatic rings. The number of hydrogen-bond acceptors (Lipinski definition) is 8. The summed E-state index contributed by atoms with van der Waals surface area (Å²) >= 11 is 0. The van der Waals surface area contributed by atoms with Crippen LogP contribution < -0.4 is 0 Å². The molecule has 0 fully saturated rings. The molecule has 326 valence electrons. The van der Waals surface area contributed by atoms with Crippen LogP contribution in [-0.2, 0) is 32.7 Å². The normalized spacial score (nSPS) is 15.0. The van der Waals surface area contributed by atoms with Gasteiger partial charge >= 0.3 is 19.8 Å². The van der Waals surface area contributed by atoms with Crippen LogP contribution in [0, 0.1) is 0 Å². The van der Waals surface area contributed by atoms with Crippen LogP contribution in [0.1, 0.15) is 136 Å². The van der Waals surface area contributed by atoms with Crippen LogP contribution in [0.15, 0.2) is 85.1 Å². The molecule has 0 saturated carbocycles. The van der Waals surface area contributed by atoms with E-state index in [1.807, 2.05) is 57.6 Å². The van der Waals surface area contributed by atoms with Gasteiger partial charge in [0, 0.05) is 12.8 Å². The van der Waals surface area contributed by atoms with Crippen molar-refractivity contribution in [1.29, 1.82) is 0 Å². The van der Waals surface area contributed by atoms with Gasteiger partial charge in [-0.15, -0.1) is 0 Å². The summed E-state index contributed by atoms with van der Waals surface area (Å²) in [5, 5.41) is 10.0. The second-order valence-electron chi connectivity index (χ2n) is 15.2. The standard InChI is InChI=1S/C46H78NO9P/c1-6-8-10-12-14-15-16-17-18-19-20-21-25-29-33-37-45(49)53-41-44(42-55-57(51,52)54-40-39-47(3,4)5)56-46(50)38-34-30-26-23-22-24-28-32-36-43(48)35-31-27-13-11-9-7-2/h8,10,14-15,17-18,23-24,26-28,31-32,36,43-44,48H,6-7,9,11-13,16,19-22,25,29-30,33-35,37-42H2,1-5H3/p+1/b10-8-,15-14-,18-17-,26-23-,28-24-,31-27-,36-32+/t43-,44+/m0/s1. The van der Waals surface area contributed by atoms with Crippen LogP contribution in [0.4, 0.5) is 0 Å². The first-order valence-electron chi connectivity index (χ1n) is 21.4. The number of ether oxygens (including phenoxy) is 2. The highest BCUT2D eigenvalue weighted by molar-refractivity contribution is 7.47. The van der Waals surface area contributed by atoms with Crippen LogP contribution in [0.5, 0.6) is 0 Å². The molecule has 0 aliphatic carbocycles. The number of nitrogens with zero attached hydrogens (tertiary/aromatic N) is 1. The van der Waals surface area contributed by atoms with Crippen molar-refractivity contribution in [1.82, 2.24) is 0 Å². The first kappa shape index (κ1) is 54.2. The lowest BCUT2D eigenvalue weighted by Crippen LogP contribution is -2.37. The third-order valence-corrected chi connectivity index (χ3v) is 9.47. The summed E-state index contributed by atoms with van der Waals surface area (Å²) in [6, 6.07) is 0. The Bertz CT molecular complexity index is 1260. The number of allylic oxidation sites excluding steroid dienone is 12. The molecule has 0 rings (SSSR count). The van der Waals surface area contributed by atoms with E-state index in [-0.39, 0.29) is 26.1 Å². The number of carbonyl (C=O) groups excluding carboxylic acids is 2. The number of hydrogen-bond donors (Lipinski definition) is 2. The van der Waals surface area contributed by atoms with E-state index in [9.17, 15) is 24.2 Å². The Hall–Kier alpha value is -2.85. The molecule has 0 aliphatic rings. The summed E-state index contributed by atoms with van der Waals surface area (Å²) in [6.07, 6.45) is 43.8. The van der Waals surface area contributed by atoms with Crippen molar-refractivity contribution < 1.29 is 47.2 Å². The summed E-state index contributed by atoms with van der Waals surface area (Å²) in [7, 11) is 1.38. The maximum absolute atomic E-state index is 12.7. The molecule has 0 spiro atoms. The highest BCUT2D eigenvalue weighted by Gasteiger charge is 2.27. The molecule has 2 N–H and O–H groups in total. The fraction of sp³-hybridized carbons (Fsp3) is 0.652. The summed E-state index contributed by atoms with van der Waals surface area (Å²) in [5.74, 6) is -0.933. The van der Waals surface area contributed by atoms with E-state index in [2.05, 4.69) is 56.4 Å². The summed E-state index contributed by atoms with van der Waals surface area (Å²) < 4.78 is 34.1. The fourth-order valence-electron chi connectivity index (χ4n) is 5.10. The van der Waals surface area contributed by atoms with Crippen molar-refractivity contribution in [2.75, 3.05) is 47.5 Å². The van der Waals surface area contributed by atoms with Gasteiger partial charge in [-0.05, 0) is 77.0 Å². The lowest BCUT2D eigenvalue weighted by molar-refractivity contribution is -0.870. The van der Waals surface area contributed by atoms with Crippen LogP contribution in [-0.4, -0.2) is 86.1 Å². The largest absolute Gasteiger partial charge is 0.472 e. The topological polar surface area (TPSA) is 129 Å². The van der Waals surface area contributed by atoms with Crippen molar-refractivity contribution in [3.8, 4) is 0 Å². The van der Waals surface area contributed by atoms with Crippen molar-refractivity contribution in [2.24, 2.45) is 0 Å². The summed E-state index contributed by atoms with van der Waals surface area (Å²) in [6.45, 7) is 4.07. The number of esters is 2. The van der Waals surface area contributed by atoms with Crippen LogP contribution in [0.2, 0.25) is 0 Å². The van der Waals surface area contributed by atoms with E-state index < -0.39 is 38.6 Å². The Labute approximate surface area is 346 Å². The minimum atomic E-state index is -4.41. The molecular formula is C46H79NO9P+. The molecule has 1 unspecified atom stereocenters. The number of rotatable bonds is 37. The maximum Gasteiger partial charge on any atom is 0.472 e. The highest BCUT2D eigenvalue weighted by Crippen LogP contribution is 2.43. The second kappa shape index (κ2) is 37.4. The number of phosphoric ester groups is 1. The van der Waals surface area contributed by atoms with Gasteiger partial charge in [-0.2, -0.15) is 0 Å². The minimum absolute atomic E-state index is 0.00268. The third kappa shape index (κ3) is 41.1. The van der Waals surface area contributed by atoms with Crippen molar-refractivity contribution >= 4 is 19.8 Å². The molecule has 0 radical (unpaired) electrons. The lowest BCUT2D eigenvalue weighted by atomic mass is 10.1. The number of quaternary nitrogens is 1. The predicted octanol–water partition coefficient (Wildman–Crippen LogP) is 11.0. The van der Waals surface area contributed by atoms with Crippen LogP contribution in [0.3, 0.4) is 0 Å². The van der Waals surface area contributed by atoms with Crippen LogP contribution >= 0.6 is 7.82 Å². The van der Waals surface area contributed by atoms with Gasteiger partial charge in [-0.25, -0.2) is 4.57 Å². The monoisotopic (exact) mass is 821 g/mol. The number of likely N-dealkylation sites (N-methyl/N-ethyl adjacent to an activating group) is 1. The Kier molecular flexibility index (Phi) is 35.6. The molecule has 0 aliphatic heterocycles. The number of carbonyl (C=O) groups is 2. The molecule has 0 aromatic heterocycles. The Morgan fingerprint density at radius 2 is 1.23 bits per heavy atom. The molecular weight excluding hydrogens is 741 g/mol. The van der Waals surface area contributed by atoms with E-state index >= 15 is 0 Å². The zero-order valence-electron chi connectivity index (χ0n) is 36.1. The van der Waals surface area contributed by atoms with E-state index in [0.29, 0.717) is 36.7 Å². The molecule has 0 saturated heterocycles. The number of aliphatic hydroxyl groups is 1. The molecule has 57 heavy (non-hydrogen) atoms. The first-order chi connectivity index (χ1) is 27.4. The van der Waals surface area contributed by atoms with Gasteiger partial charge in [-0.3, -0.25) is 18.6 Å². The number of aliphatic hydroxyl groups excluding tert-OH is 1. The van der Waals surface area contributed by atoms with Gasteiger partial charge in [0.25, 0.3) is 0 Å². The third-order valence-electron chi connectivity index (χ3n) is 8.49. The Balaban J connectivity index is 4.59. The second-order valence-corrected chi connectivity index (χ2v) is 16.6. The summed E-state index contributed by atoms with van der Waals surface area (Å²) in [4.78, 5) is 35.3. The van der Waals surface area contributed by atoms with E-state index in [0.717, 1.165) is 64.2 Å². The lowest BCUT2D eigenvalue weighted by Gasteiger charge is -2.24. The van der Waals surface area contributed by atoms with Gasteiger partial charge in [0.15, 0.2) is 6.10 Å². The molecule has 0 aromatic carbocycles. The fourth-order valence-corrected chi connectivity index (χ4v) is 5.84. The van der Waals surface area contributed by atoms with E-state index in [4.69, 9.17) is 18.5 Å². The van der Waals surface area contributed by atoms with Gasteiger partial charge in [0.1, 0.15) is 19.8 Å². The molecule has 3 atom stereocenters. The molecule has 10 nitrogen and oxygen atoms in total. The SMILES string of the molecule is CC/C=C\C/C=C\C/C=C\CCCCCCCC(=O)OC[C@H](COP(=O)(O)OCC[N+](C)(C)C)OC(=O)CCC/C=C\C/C=C\C=C\[C@@H](O)C/C=C\CCCCC.